The Morgan fingerprint density at radius 3 is 2.41 bits per heavy atom. The van der Waals surface area contributed by atoms with Crippen LogP contribution in [0.3, 0.4) is 0 Å². The summed E-state index contributed by atoms with van der Waals surface area (Å²) in [6.45, 7) is 7.94. The molecule has 0 heterocycles. The van der Waals surface area contributed by atoms with Gasteiger partial charge in [-0.05, 0) is 50.5 Å². The molecule has 156 valence electrons. The Labute approximate surface area is 183 Å². The van der Waals surface area contributed by atoms with Crippen LogP contribution in [0.4, 0.5) is 0 Å². The number of amides is 2. The Morgan fingerprint density at radius 2 is 1.83 bits per heavy atom. The highest BCUT2D eigenvalue weighted by atomic mass is 35.5. The third kappa shape index (κ3) is 6.76. The molecule has 0 spiro atoms. The molecule has 0 aliphatic heterocycles. The van der Waals surface area contributed by atoms with Crippen molar-refractivity contribution in [3.63, 3.8) is 0 Å². The van der Waals surface area contributed by atoms with Crippen LogP contribution in [0.25, 0.3) is 0 Å². The van der Waals surface area contributed by atoms with E-state index in [9.17, 15) is 9.59 Å². The van der Waals surface area contributed by atoms with Crippen molar-refractivity contribution in [3.05, 3.63) is 69.2 Å². The van der Waals surface area contributed by atoms with Gasteiger partial charge < -0.3 is 10.2 Å². The Bertz CT molecular complexity index is 868. The van der Waals surface area contributed by atoms with Crippen molar-refractivity contribution in [2.75, 3.05) is 0 Å². The van der Waals surface area contributed by atoms with E-state index in [4.69, 9.17) is 23.2 Å². The maximum atomic E-state index is 13.3. The molecular weight excluding hydrogens is 407 g/mol. The van der Waals surface area contributed by atoms with E-state index in [1.807, 2.05) is 52.0 Å². The fraction of sp³-hybridized carbons (Fsp3) is 0.391. The zero-order valence-corrected chi connectivity index (χ0v) is 18.8. The first-order valence-electron chi connectivity index (χ1n) is 9.80. The summed E-state index contributed by atoms with van der Waals surface area (Å²) in [5.74, 6) is -0.280. The monoisotopic (exact) mass is 434 g/mol. The summed E-state index contributed by atoms with van der Waals surface area (Å²) in [7, 11) is 0. The molecule has 0 saturated heterocycles. The minimum atomic E-state index is -0.582. The first kappa shape index (κ1) is 23.2. The van der Waals surface area contributed by atoms with Gasteiger partial charge >= 0.3 is 0 Å². The van der Waals surface area contributed by atoms with Crippen LogP contribution in [0, 0.1) is 6.92 Å². The predicted octanol–water partition coefficient (Wildman–Crippen LogP) is 5.18. The number of carbonyl (C=O) groups is 2. The molecule has 2 rings (SSSR count). The van der Waals surface area contributed by atoms with Crippen molar-refractivity contribution in [1.82, 2.24) is 10.2 Å². The van der Waals surface area contributed by atoms with Crippen molar-refractivity contribution in [3.8, 4) is 0 Å². The minimum Gasteiger partial charge on any atom is -0.352 e. The van der Waals surface area contributed by atoms with Gasteiger partial charge in [-0.15, -0.1) is 0 Å². The molecule has 4 nitrogen and oxygen atoms in total. The number of benzene rings is 2. The largest absolute Gasteiger partial charge is 0.352 e. The van der Waals surface area contributed by atoms with E-state index in [0.29, 0.717) is 16.5 Å². The van der Waals surface area contributed by atoms with Gasteiger partial charge in [-0.3, -0.25) is 9.59 Å². The molecule has 1 atom stereocenters. The minimum absolute atomic E-state index is 0.00982. The third-order valence-electron chi connectivity index (χ3n) is 4.61. The van der Waals surface area contributed by atoms with Gasteiger partial charge in [0.1, 0.15) is 6.04 Å². The highest BCUT2D eigenvalue weighted by Crippen LogP contribution is 2.24. The second kappa shape index (κ2) is 10.7. The average molecular weight is 435 g/mol. The van der Waals surface area contributed by atoms with Crippen molar-refractivity contribution < 1.29 is 9.59 Å². The molecule has 0 aliphatic carbocycles. The lowest BCUT2D eigenvalue weighted by Crippen LogP contribution is -2.50. The molecule has 0 bridgehead atoms. The summed E-state index contributed by atoms with van der Waals surface area (Å²) in [5, 5.41) is 3.93. The van der Waals surface area contributed by atoms with Crippen molar-refractivity contribution >= 4 is 35.0 Å². The van der Waals surface area contributed by atoms with Gasteiger partial charge in [0.05, 0.1) is 6.42 Å². The van der Waals surface area contributed by atoms with Crippen LogP contribution >= 0.6 is 23.2 Å². The van der Waals surface area contributed by atoms with Gasteiger partial charge in [0.15, 0.2) is 0 Å². The van der Waals surface area contributed by atoms with Gasteiger partial charge in [0.2, 0.25) is 11.8 Å². The fourth-order valence-electron chi connectivity index (χ4n) is 3.23. The van der Waals surface area contributed by atoms with E-state index >= 15 is 0 Å². The van der Waals surface area contributed by atoms with Gasteiger partial charge in [-0.25, -0.2) is 0 Å². The zero-order chi connectivity index (χ0) is 21.6. The number of rotatable bonds is 8. The van der Waals surface area contributed by atoms with Gasteiger partial charge in [-0.2, -0.15) is 0 Å². The molecule has 2 aromatic carbocycles. The highest BCUT2D eigenvalue weighted by molar-refractivity contribution is 6.35. The first-order chi connectivity index (χ1) is 13.7. The van der Waals surface area contributed by atoms with Gasteiger partial charge in [-0.1, -0.05) is 66.0 Å². The third-order valence-corrected chi connectivity index (χ3v) is 5.20. The average Bonchev–Trinajstić information content (AvgIpc) is 2.62. The van der Waals surface area contributed by atoms with Crippen LogP contribution in [-0.2, 0) is 22.6 Å². The molecule has 0 aliphatic rings. The normalized spacial score (nSPS) is 12.0. The molecule has 2 amide bonds. The second-order valence-corrected chi connectivity index (χ2v) is 8.35. The number of hydrogen-bond donors (Lipinski definition) is 1. The van der Waals surface area contributed by atoms with E-state index in [-0.39, 0.29) is 30.8 Å². The standard InChI is InChI=1S/C23H28Cl2N2O2/c1-5-21(23(29)26-15(2)3)27(14-18-9-10-19(24)13-20(18)25)22(28)12-17-8-6-7-16(4)11-17/h6-11,13,15,21H,5,12,14H2,1-4H3,(H,26,29)/t21-/m0/s1. The molecule has 0 radical (unpaired) electrons. The van der Waals surface area contributed by atoms with E-state index in [1.165, 1.54) is 0 Å². The molecule has 29 heavy (non-hydrogen) atoms. The van der Waals surface area contributed by atoms with Crippen LogP contribution in [-0.4, -0.2) is 28.8 Å². The summed E-state index contributed by atoms with van der Waals surface area (Å²) < 4.78 is 0. The predicted molar refractivity (Wildman–Crippen MR) is 119 cm³/mol. The summed E-state index contributed by atoms with van der Waals surface area (Å²) in [6, 6.07) is 12.4. The van der Waals surface area contributed by atoms with Crippen LogP contribution in [0.2, 0.25) is 10.0 Å². The number of nitrogens with zero attached hydrogens (tertiary/aromatic N) is 1. The fourth-order valence-corrected chi connectivity index (χ4v) is 3.70. The second-order valence-electron chi connectivity index (χ2n) is 7.51. The maximum Gasteiger partial charge on any atom is 0.243 e. The Hall–Kier alpha value is -2.04. The number of hydrogen-bond acceptors (Lipinski definition) is 2. The van der Waals surface area contributed by atoms with E-state index in [2.05, 4.69) is 5.32 Å². The van der Waals surface area contributed by atoms with Crippen LogP contribution < -0.4 is 5.32 Å². The summed E-state index contributed by atoms with van der Waals surface area (Å²) in [5.41, 5.74) is 2.76. The molecule has 0 saturated carbocycles. The topological polar surface area (TPSA) is 49.4 Å². The van der Waals surface area contributed by atoms with Crippen LogP contribution in [0.5, 0.6) is 0 Å². The number of carbonyl (C=O) groups excluding carboxylic acids is 2. The number of nitrogens with one attached hydrogen (secondary N) is 1. The van der Waals surface area contributed by atoms with Crippen molar-refractivity contribution in [2.24, 2.45) is 0 Å². The molecule has 6 heteroatoms. The van der Waals surface area contributed by atoms with Crippen molar-refractivity contribution in [2.45, 2.75) is 59.2 Å². The quantitative estimate of drug-likeness (QED) is 0.622. The molecule has 0 unspecified atom stereocenters. The van der Waals surface area contributed by atoms with E-state index in [0.717, 1.165) is 16.7 Å². The van der Waals surface area contributed by atoms with Crippen molar-refractivity contribution in [1.29, 1.82) is 0 Å². The molecule has 1 N–H and O–H groups in total. The molecule has 2 aromatic rings. The smallest absolute Gasteiger partial charge is 0.243 e. The lowest BCUT2D eigenvalue weighted by Gasteiger charge is -2.31. The van der Waals surface area contributed by atoms with Gasteiger partial charge in [0, 0.05) is 22.6 Å². The van der Waals surface area contributed by atoms with Crippen LogP contribution in [0.15, 0.2) is 42.5 Å². The zero-order valence-electron chi connectivity index (χ0n) is 17.3. The molecule has 0 aromatic heterocycles. The number of halogens is 2. The lowest BCUT2D eigenvalue weighted by atomic mass is 10.0. The highest BCUT2D eigenvalue weighted by Gasteiger charge is 2.29. The van der Waals surface area contributed by atoms with Gasteiger partial charge in [0.25, 0.3) is 0 Å². The summed E-state index contributed by atoms with van der Waals surface area (Å²) in [6.07, 6.45) is 0.724. The van der Waals surface area contributed by atoms with E-state index in [1.54, 1.807) is 23.1 Å². The Kier molecular flexibility index (Phi) is 8.54. The molecular formula is C23H28Cl2N2O2. The van der Waals surface area contributed by atoms with Crippen LogP contribution in [0.1, 0.15) is 43.9 Å². The SMILES string of the molecule is CC[C@@H](C(=O)NC(C)C)N(Cc1ccc(Cl)cc1Cl)C(=O)Cc1cccc(C)c1. The number of aryl methyl sites for hydroxylation is 1. The lowest BCUT2D eigenvalue weighted by molar-refractivity contribution is -0.141. The first-order valence-corrected chi connectivity index (χ1v) is 10.6. The van der Waals surface area contributed by atoms with E-state index < -0.39 is 6.04 Å². The maximum absolute atomic E-state index is 13.3. The molecule has 0 fully saturated rings. The summed E-state index contributed by atoms with van der Waals surface area (Å²) in [4.78, 5) is 27.7. The Morgan fingerprint density at radius 1 is 1.10 bits per heavy atom. The summed E-state index contributed by atoms with van der Waals surface area (Å²) >= 11 is 12.4. The Balaban J connectivity index is 2.34.